The van der Waals surface area contributed by atoms with Crippen molar-refractivity contribution >= 4 is 0 Å². The lowest BCUT2D eigenvalue weighted by atomic mass is 10.1. The molecule has 2 heteroatoms. The maximum Gasteiger partial charge on any atom is -0.000654 e. The van der Waals surface area contributed by atoms with Crippen LogP contribution < -0.4 is 0 Å². The Hall–Kier alpha value is -0.0800. The molecule has 0 N–H and O–H groups in total. The minimum Gasteiger partial charge on any atom is -0.303 e. The molecule has 120 valence electrons. The van der Waals surface area contributed by atoms with Gasteiger partial charge in [0.1, 0.15) is 0 Å². The summed E-state index contributed by atoms with van der Waals surface area (Å²) in [6, 6.07) is 0. The largest absolute Gasteiger partial charge is 0.303 e. The predicted molar refractivity (Wildman–Crippen MR) is 90.3 cm³/mol. The highest BCUT2D eigenvalue weighted by atomic mass is 15.1. The number of nitrogens with zero attached hydrogens (tertiary/aromatic N) is 2. The summed E-state index contributed by atoms with van der Waals surface area (Å²) in [5.74, 6) is 1.66. The van der Waals surface area contributed by atoms with Gasteiger partial charge in [-0.2, -0.15) is 0 Å². The zero-order valence-corrected chi connectivity index (χ0v) is 14.5. The van der Waals surface area contributed by atoms with Crippen molar-refractivity contribution in [1.29, 1.82) is 0 Å². The summed E-state index contributed by atoms with van der Waals surface area (Å²) >= 11 is 0. The van der Waals surface area contributed by atoms with Gasteiger partial charge in [-0.05, 0) is 83.2 Å². The van der Waals surface area contributed by atoms with E-state index in [4.69, 9.17) is 0 Å². The Morgan fingerprint density at radius 2 is 1.35 bits per heavy atom. The molecule has 0 atom stereocenters. The van der Waals surface area contributed by atoms with Gasteiger partial charge in [0.05, 0.1) is 0 Å². The normalized spacial score (nSPS) is 17.6. The number of likely N-dealkylation sites (tertiary alicyclic amines) is 1. The van der Waals surface area contributed by atoms with E-state index in [2.05, 4.69) is 37.5 Å². The smallest absolute Gasteiger partial charge is 0.000654 e. The van der Waals surface area contributed by atoms with E-state index in [1.165, 1.54) is 77.8 Å². The van der Waals surface area contributed by atoms with E-state index in [9.17, 15) is 0 Å². The van der Waals surface area contributed by atoms with Gasteiger partial charge < -0.3 is 9.80 Å². The molecular formula is C18H38N2. The van der Waals surface area contributed by atoms with Gasteiger partial charge in [0.2, 0.25) is 0 Å². The Labute approximate surface area is 127 Å². The van der Waals surface area contributed by atoms with Crippen molar-refractivity contribution in [2.45, 2.75) is 66.2 Å². The molecule has 1 heterocycles. The first-order chi connectivity index (χ1) is 9.58. The van der Waals surface area contributed by atoms with Crippen LogP contribution in [0.3, 0.4) is 0 Å². The third kappa shape index (κ3) is 8.97. The van der Waals surface area contributed by atoms with Crippen LogP contribution in [-0.2, 0) is 0 Å². The van der Waals surface area contributed by atoms with Gasteiger partial charge in [0, 0.05) is 0 Å². The molecule has 2 nitrogen and oxygen atoms in total. The highest BCUT2D eigenvalue weighted by Crippen LogP contribution is 2.10. The van der Waals surface area contributed by atoms with Crippen LogP contribution >= 0.6 is 0 Å². The maximum atomic E-state index is 2.71. The van der Waals surface area contributed by atoms with E-state index in [-0.39, 0.29) is 0 Å². The molecule has 1 saturated heterocycles. The van der Waals surface area contributed by atoms with Crippen LogP contribution in [-0.4, -0.2) is 49.1 Å². The number of piperidine rings is 1. The monoisotopic (exact) mass is 282 g/mol. The van der Waals surface area contributed by atoms with E-state index >= 15 is 0 Å². The zero-order chi connectivity index (χ0) is 14.8. The van der Waals surface area contributed by atoms with Crippen LogP contribution in [0.25, 0.3) is 0 Å². The fraction of sp³-hybridized carbons (Fsp3) is 1.00. The summed E-state index contributed by atoms with van der Waals surface area (Å²) in [6.07, 6.45) is 8.35. The molecule has 1 aliphatic heterocycles. The first-order valence-corrected chi connectivity index (χ1v) is 9.02. The van der Waals surface area contributed by atoms with Crippen LogP contribution in [0.2, 0.25) is 0 Å². The van der Waals surface area contributed by atoms with Gasteiger partial charge in [-0.3, -0.25) is 0 Å². The Morgan fingerprint density at radius 3 is 1.85 bits per heavy atom. The molecule has 0 aliphatic carbocycles. The fourth-order valence-electron chi connectivity index (χ4n) is 2.92. The van der Waals surface area contributed by atoms with Gasteiger partial charge in [-0.25, -0.2) is 0 Å². The van der Waals surface area contributed by atoms with Gasteiger partial charge >= 0.3 is 0 Å². The Morgan fingerprint density at radius 1 is 0.800 bits per heavy atom. The van der Waals surface area contributed by atoms with Gasteiger partial charge in [-0.1, -0.05) is 34.1 Å². The first-order valence-electron chi connectivity index (χ1n) is 9.02. The lowest BCUT2D eigenvalue weighted by Crippen LogP contribution is -2.34. The van der Waals surface area contributed by atoms with Gasteiger partial charge in [0.25, 0.3) is 0 Å². The van der Waals surface area contributed by atoms with Crippen LogP contribution in [0.4, 0.5) is 0 Å². The lowest BCUT2D eigenvalue weighted by Gasteiger charge is -2.28. The Balaban J connectivity index is 2.19. The van der Waals surface area contributed by atoms with Crippen molar-refractivity contribution in [3.05, 3.63) is 0 Å². The molecule has 0 amide bonds. The molecule has 0 radical (unpaired) electrons. The van der Waals surface area contributed by atoms with Crippen LogP contribution in [0, 0.1) is 11.8 Å². The van der Waals surface area contributed by atoms with Crippen molar-refractivity contribution in [3.63, 3.8) is 0 Å². The number of hydrogen-bond donors (Lipinski definition) is 0. The van der Waals surface area contributed by atoms with E-state index < -0.39 is 0 Å². The molecule has 0 unspecified atom stereocenters. The van der Waals surface area contributed by atoms with Crippen LogP contribution in [0.1, 0.15) is 66.2 Å². The molecule has 1 aliphatic rings. The third-order valence-corrected chi connectivity index (χ3v) is 4.44. The summed E-state index contributed by atoms with van der Waals surface area (Å²) in [5.41, 5.74) is 0. The van der Waals surface area contributed by atoms with Crippen molar-refractivity contribution < 1.29 is 0 Å². The van der Waals surface area contributed by atoms with E-state index in [0.29, 0.717) is 0 Å². The molecule has 0 aromatic heterocycles. The Kier molecular flexibility index (Phi) is 9.54. The molecular weight excluding hydrogens is 244 g/mol. The second-order valence-corrected chi connectivity index (χ2v) is 7.46. The third-order valence-electron chi connectivity index (χ3n) is 4.44. The highest BCUT2D eigenvalue weighted by molar-refractivity contribution is 4.67. The minimum absolute atomic E-state index is 0.832. The summed E-state index contributed by atoms with van der Waals surface area (Å²) in [7, 11) is 0. The Bertz CT molecular complexity index is 207. The second kappa shape index (κ2) is 10.6. The minimum atomic E-state index is 0.832. The fourth-order valence-corrected chi connectivity index (χ4v) is 2.92. The first kappa shape index (κ1) is 18.0. The summed E-state index contributed by atoms with van der Waals surface area (Å²) in [5, 5.41) is 0. The van der Waals surface area contributed by atoms with Crippen molar-refractivity contribution in [2.24, 2.45) is 11.8 Å². The molecule has 0 aromatic carbocycles. The average Bonchev–Trinajstić information content (AvgIpc) is 2.42. The molecule has 20 heavy (non-hydrogen) atoms. The van der Waals surface area contributed by atoms with Crippen LogP contribution in [0.15, 0.2) is 0 Å². The lowest BCUT2D eigenvalue weighted by molar-refractivity contribution is 0.194. The number of hydrogen-bond acceptors (Lipinski definition) is 2. The average molecular weight is 283 g/mol. The molecule has 0 aromatic rings. The zero-order valence-electron chi connectivity index (χ0n) is 14.5. The van der Waals surface area contributed by atoms with Gasteiger partial charge in [-0.15, -0.1) is 0 Å². The van der Waals surface area contributed by atoms with Crippen molar-refractivity contribution in [2.75, 3.05) is 39.3 Å². The number of rotatable bonds is 10. The van der Waals surface area contributed by atoms with Gasteiger partial charge in [0.15, 0.2) is 0 Å². The van der Waals surface area contributed by atoms with E-state index in [0.717, 1.165) is 11.8 Å². The summed E-state index contributed by atoms with van der Waals surface area (Å²) in [6.45, 7) is 17.3. The quantitative estimate of drug-likeness (QED) is 0.591. The predicted octanol–water partition coefficient (Wildman–Crippen LogP) is 4.26. The molecule has 0 bridgehead atoms. The van der Waals surface area contributed by atoms with E-state index in [1.54, 1.807) is 0 Å². The van der Waals surface area contributed by atoms with Crippen LogP contribution in [0.5, 0.6) is 0 Å². The van der Waals surface area contributed by atoms with E-state index in [1.807, 2.05) is 0 Å². The molecule has 1 fully saturated rings. The maximum absolute atomic E-state index is 2.71. The summed E-state index contributed by atoms with van der Waals surface area (Å²) in [4.78, 5) is 5.39. The molecule has 1 rings (SSSR count). The molecule has 0 saturated carbocycles. The van der Waals surface area contributed by atoms with Crippen molar-refractivity contribution in [1.82, 2.24) is 9.80 Å². The highest BCUT2D eigenvalue weighted by Gasteiger charge is 2.11. The van der Waals surface area contributed by atoms with Crippen molar-refractivity contribution in [3.8, 4) is 0 Å². The summed E-state index contributed by atoms with van der Waals surface area (Å²) < 4.78 is 0. The standard InChI is InChI=1S/C18H38N2/c1-17(2)9-15-20(16-10-18(3)4)14-8-13-19-11-6-5-7-12-19/h17-18H,5-16H2,1-4H3. The molecule has 0 spiro atoms. The SMILES string of the molecule is CC(C)CCN(CCCN1CCCCC1)CCC(C)C. The second-order valence-electron chi connectivity index (χ2n) is 7.46. The topological polar surface area (TPSA) is 6.48 Å².